The fraction of sp³-hybridized carbons (Fsp3) is 0. The maximum Gasteiger partial charge on any atom is 0.200 e. The number of rotatable bonds is 2. The number of aromatic nitrogens is 3. The average molecular weight is 384 g/mol. The van der Waals surface area contributed by atoms with Crippen LogP contribution in [0, 0.1) is 23.3 Å². The van der Waals surface area contributed by atoms with Gasteiger partial charge in [-0.15, -0.1) is 0 Å². The minimum atomic E-state index is -0.867. The molecule has 0 aliphatic rings. The lowest BCUT2D eigenvalue weighted by atomic mass is 10.1. The van der Waals surface area contributed by atoms with Crippen LogP contribution in [-0.2, 0) is 0 Å². The van der Waals surface area contributed by atoms with Crippen molar-refractivity contribution >= 4 is 15.9 Å². The zero-order valence-corrected chi connectivity index (χ0v) is 12.8. The molecule has 1 aromatic heterocycles. The van der Waals surface area contributed by atoms with E-state index < -0.39 is 23.3 Å². The van der Waals surface area contributed by atoms with Crippen LogP contribution in [0.2, 0.25) is 0 Å². The zero-order valence-electron chi connectivity index (χ0n) is 11.2. The smallest absolute Gasteiger partial charge is 0.200 e. The summed E-state index contributed by atoms with van der Waals surface area (Å²) >= 11 is 3.03. The van der Waals surface area contributed by atoms with E-state index in [4.69, 9.17) is 0 Å². The van der Waals surface area contributed by atoms with Gasteiger partial charge in [-0.25, -0.2) is 32.5 Å². The molecule has 1 heterocycles. The Morgan fingerprint density at radius 2 is 1.09 bits per heavy atom. The molecule has 0 spiro atoms. The third-order valence-electron chi connectivity index (χ3n) is 2.95. The summed E-state index contributed by atoms with van der Waals surface area (Å²) in [7, 11) is 0. The second kappa shape index (κ2) is 6.04. The minimum absolute atomic E-state index is 0.0324. The molecule has 0 radical (unpaired) electrons. The van der Waals surface area contributed by atoms with Gasteiger partial charge in [-0.05, 0) is 40.2 Å². The number of benzene rings is 2. The Bertz CT molecular complexity index is 832. The van der Waals surface area contributed by atoms with E-state index in [1.54, 1.807) is 0 Å². The van der Waals surface area contributed by atoms with Crippen molar-refractivity contribution in [2.75, 3.05) is 0 Å². The number of halogens is 5. The Morgan fingerprint density at radius 1 is 0.652 bits per heavy atom. The molecule has 116 valence electrons. The Labute approximate surface area is 136 Å². The molecule has 3 aromatic rings. The van der Waals surface area contributed by atoms with Crippen LogP contribution in [0.15, 0.2) is 41.1 Å². The fourth-order valence-corrected chi connectivity index (χ4v) is 2.27. The highest BCUT2D eigenvalue weighted by molar-refractivity contribution is 9.10. The number of nitrogens with zero attached hydrogens (tertiary/aromatic N) is 3. The molecule has 0 aliphatic heterocycles. The minimum Gasteiger partial charge on any atom is -0.208 e. The van der Waals surface area contributed by atoms with E-state index >= 15 is 0 Å². The van der Waals surface area contributed by atoms with Crippen LogP contribution in [0.3, 0.4) is 0 Å². The van der Waals surface area contributed by atoms with E-state index in [-0.39, 0.29) is 27.5 Å². The van der Waals surface area contributed by atoms with Gasteiger partial charge in [-0.2, -0.15) is 0 Å². The van der Waals surface area contributed by atoms with Gasteiger partial charge in [0.05, 0.1) is 11.1 Å². The fourth-order valence-electron chi connectivity index (χ4n) is 1.93. The molecule has 23 heavy (non-hydrogen) atoms. The molecular formula is C15H6BrF4N3. The summed E-state index contributed by atoms with van der Waals surface area (Å²) in [5.74, 6) is -3.44. The van der Waals surface area contributed by atoms with E-state index in [2.05, 4.69) is 30.9 Å². The molecule has 0 saturated heterocycles. The molecule has 3 nitrogen and oxygen atoms in total. The lowest BCUT2D eigenvalue weighted by Crippen LogP contribution is -2.00. The molecule has 0 atom stereocenters. The second-order valence-corrected chi connectivity index (χ2v) is 5.21. The first-order chi connectivity index (χ1) is 10.9. The van der Waals surface area contributed by atoms with Gasteiger partial charge in [-0.3, -0.25) is 0 Å². The Morgan fingerprint density at radius 3 is 1.48 bits per heavy atom. The van der Waals surface area contributed by atoms with Crippen LogP contribution < -0.4 is 0 Å². The van der Waals surface area contributed by atoms with Crippen LogP contribution >= 0.6 is 15.9 Å². The highest BCUT2D eigenvalue weighted by Gasteiger charge is 2.15. The van der Waals surface area contributed by atoms with Gasteiger partial charge < -0.3 is 0 Å². The Kier molecular flexibility index (Phi) is 4.08. The Hall–Kier alpha value is -2.35. The first-order valence-electron chi connectivity index (χ1n) is 6.26. The molecule has 2 aromatic carbocycles. The van der Waals surface area contributed by atoms with Crippen molar-refractivity contribution in [3.8, 4) is 22.8 Å². The van der Waals surface area contributed by atoms with Crippen molar-refractivity contribution in [3.05, 3.63) is 64.4 Å². The maximum atomic E-state index is 13.9. The quantitative estimate of drug-likeness (QED) is 0.610. The Balaban J connectivity index is 2.16. The highest BCUT2D eigenvalue weighted by atomic mass is 79.9. The maximum absolute atomic E-state index is 13.9. The van der Waals surface area contributed by atoms with Crippen molar-refractivity contribution in [2.45, 2.75) is 0 Å². The van der Waals surface area contributed by atoms with E-state index in [0.29, 0.717) is 12.1 Å². The first kappa shape index (κ1) is 15.5. The molecular weight excluding hydrogens is 378 g/mol. The van der Waals surface area contributed by atoms with Crippen LogP contribution in [0.5, 0.6) is 0 Å². The summed E-state index contributed by atoms with van der Waals surface area (Å²) < 4.78 is 53.7. The molecule has 0 N–H and O–H groups in total. The summed E-state index contributed by atoms with van der Waals surface area (Å²) in [5.41, 5.74) is -0.142. The lowest BCUT2D eigenvalue weighted by molar-refractivity contribution is 0.584. The van der Waals surface area contributed by atoms with Gasteiger partial charge in [-0.1, -0.05) is 0 Å². The van der Waals surface area contributed by atoms with Crippen molar-refractivity contribution < 1.29 is 17.6 Å². The normalized spacial score (nSPS) is 10.8. The largest absolute Gasteiger partial charge is 0.208 e. The summed E-state index contributed by atoms with van der Waals surface area (Å²) in [6, 6.07) is 5.80. The molecule has 0 saturated carbocycles. The van der Waals surface area contributed by atoms with Gasteiger partial charge in [0.25, 0.3) is 0 Å². The molecule has 8 heteroatoms. The van der Waals surface area contributed by atoms with Crippen molar-refractivity contribution in [1.29, 1.82) is 0 Å². The van der Waals surface area contributed by atoms with E-state index in [1.165, 1.54) is 0 Å². The zero-order chi connectivity index (χ0) is 16.6. The first-order valence-corrected chi connectivity index (χ1v) is 7.06. The van der Waals surface area contributed by atoms with Gasteiger partial charge >= 0.3 is 0 Å². The lowest BCUT2D eigenvalue weighted by Gasteiger charge is -2.06. The van der Waals surface area contributed by atoms with E-state index in [0.717, 1.165) is 24.3 Å². The van der Waals surface area contributed by atoms with Gasteiger partial charge in [0.15, 0.2) is 11.6 Å². The van der Waals surface area contributed by atoms with E-state index in [9.17, 15) is 17.6 Å². The summed E-state index contributed by atoms with van der Waals surface area (Å²) in [4.78, 5) is 11.8. The average Bonchev–Trinajstić information content (AvgIpc) is 2.46. The second-order valence-electron chi connectivity index (χ2n) is 4.50. The summed E-state index contributed by atoms with van der Waals surface area (Å²) in [5, 5.41) is 0. The molecule has 3 rings (SSSR count). The van der Waals surface area contributed by atoms with Gasteiger partial charge in [0.2, 0.25) is 4.73 Å². The predicted octanol–water partition coefficient (Wildman–Crippen LogP) is 4.52. The summed E-state index contributed by atoms with van der Waals surface area (Å²) in [6.07, 6.45) is 0. The third-order valence-corrected chi connectivity index (χ3v) is 3.31. The van der Waals surface area contributed by atoms with Crippen LogP contribution in [0.4, 0.5) is 17.6 Å². The van der Waals surface area contributed by atoms with Gasteiger partial charge in [0.1, 0.15) is 23.3 Å². The van der Waals surface area contributed by atoms with Crippen molar-refractivity contribution in [2.24, 2.45) is 0 Å². The van der Waals surface area contributed by atoms with Crippen LogP contribution in [-0.4, -0.2) is 15.0 Å². The standard InChI is InChI=1S/C15H6BrF4N3/c16-15-22-13(9-3-1-7(17)5-11(9)19)21-14(23-15)10-4-2-8(18)6-12(10)20/h1-6H. The SMILES string of the molecule is Fc1ccc(-c2nc(Br)nc(-c3ccc(F)cc3F)n2)c(F)c1. The topological polar surface area (TPSA) is 38.7 Å². The van der Waals surface area contributed by atoms with Crippen LogP contribution in [0.25, 0.3) is 22.8 Å². The van der Waals surface area contributed by atoms with Crippen molar-refractivity contribution in [1.82, 2.24) is 15.0 Å². The molecule has 0 amide bonds. The monoisotopic (exact) mass is 383 g/mol. The van der Waals surface area contributed by atoms with Crippen LogP contribution in [0.1, 0.15) is 0 Å². The summed E-state index contributed by atoms with van der Waals surface area (Å²) in [6.45, 7) is 0. The number of hydrogen-bond donors (Lipinski definition) is 0. The predicted molar refractivity (Wildman–Crippen MR) is 78.2 cm³/mol. The van der Waals surface area contributed by atoms with Crippen molar-refractivity contribution in [3.63, 3.8) is 0 Å². The molecule has 0 fully saturated rings. The van der Waals surface area contributed by atoms with E-state index in [1.807, 2.05) is 0 Å². The molecule has 0 aliphatic carbocycles. The highest BCUT2D eigenvalue weighted by Crippen LogP contribution is 2.26. The number of hydrogen-bond acceptors (Lipinski definition) is 3. The molecule has 0 bridgehead atoms. The molecule has 0 unspecified atom stereocenters. The van der Waals surface area contributed by atoms with Gasteiger partial charge in [0, 0.05) is 12.1 Å². The third kappa shape index (κ3) is 3.21.